The highest BCUT2D eigenvalue weighted by molar-refractivity contribution is 5.69. The van der Waals surface area contributed by atoms with E-state index >= 15 is 0 Å². The van der Waals surface area contributed by atoms with Crippen LogP contribution in [0.1, 0.15) is 66.8 Å². The van der Waals surface area contributed by atoms with Crippen LogP contribution < -0.4 is 0 Å². The summed E-state index contributed by atoms with van der Waals surface area (Å²) < 4.78 is 0. The highest BCUT2D eigenvalue weighted by Gasteiger charge is 2.05. The summed E-state index contributed by atoms with van der Waals surface area (Å²) in [4.78, 5) is 0. The normalized spacial score (nSPS) is 10.4. The molecule has 0 unspecified atom stereocenters. The second-order valence-corrected chi connectivity index (χ2v) is 12.2. The van der Waals surface area contributed by atoms with Crippen LogP contribution in [-0.4, -0.2) is 0 Å². The SMILES string of the molecule is Cc1cc(C)c(C)cc1C.Cc1ccc(-c2ccc(C)c(C)c2)cc1C.Cc1ccc(-c2cccc(C)c2C)cc1C. The maximum atomic E-state index is 2.27. The van der Waals surface area contributed by atoms with Gasteiger partial charge < -0.3 is 0 Å². The lowest BCUT2D eigenvalue weighted by molar-refractivity contribution is 1.24. The van der Waals surface area contributed by atoms with Gasteiger partial charge in [0.1, 0.15) is 0 Å². The molecule has 0 heteroatoms. The molecule has 0 N–H and O–H groups in total. The van der Waals surface area contributed by atoms with E-state index in [0.29, 0.717) is 0 Å². The first-order valence-corrected chi connectivity index (χ1v) is 15.1. The van der Waals surface area contributed by atoms with Gasteiger partial charge in [0.25, 0.3) is 0 Å². The van der Waals surface area contributed by atoms with E-state index in [1.165, 1.54) is 89.0 Å². The minimum absolute atomic E-state index is 1.31. The smallest absolute Gasteiger partial charge is 0.0152 e. The van der Waals surface area contributed by atoms with Crippen molar-refractivity contribution in [2.45, 2.75) is 83.1 Å². The van der Waals surface area contributed by atoms with Crippen molar-refractivity contribution in [3.8, 4) is 22.3 Å². The van der Waals surface area contributed by atoms with E-state index in [9.17, 15) is 0 Å². The number of aryl methyl sites for hydroxylation is 11. The summed E-state index contributed by atoms with van der Waals surface area (Å²) >= 11 is 0. The van der Waals surface area contributed by atoms with E-state index in [0.717, 1.165) is 0 Å². The molecule has 42 heavy (non-hydrogen) atoms. The van der Waals surface area contributed by atoms with Gasteiger partial charge in [-0.3, -0.25) is 0 Å². The van der Waals surface area contributed by atoms with Crippen molar-refractivity contribution in [1.82, 2.24) is 0 Å². The first kappa shape index (κ1) is 32.6. The number of hydrogen-bond acceptors (Lipinski definition) is 0. The van der Waals surface area contributed by atoms with Crippen molar-refractivity contribution in [3.05, 3.63) is 152 Å². The van der Waals surface area contributed by atoms with E-state index in [4.69, 9.17) is 0 Å². The summed E-state index contributed by atoms with van der Waals surface area (Å²) in [6, 6.07) is 31.0. The van der Waals surface area contributed by atoms with E-state index < -0.39 is 0 Å². The molecule has 0 bridgehead atoms. The zero-order valence-electron chi connectivity index (χ0n) is 28.1. The second-order valence-electron chi connectivity index (χ2n) is 12.2. The molecule has 0 aliphatic heterocycles. The molecule has 0 aromatic heterocycles. The molecule has 218 valence electrons. The minimum atomic E-state index is 1.31. The lowest BCUT2D eigenvalue weighted by Gasteiger charge is -2.10. The first-order valence-electron chi connectivity index (χ1n) is 15.1. The molecular formula is C42H50. The molecule has 0 saturated heterocycles. The summed E-state index contributed by atoms with van der Waals surface area (Å²) in [6.45, 7) is 25.9. The molecular weight excluding hydrogens is 504 g/mol. The predicted molar refractivity (Wildman–Crippen MR) is 187 cm³/mol. The largest absolute Gasteiger partial charge is 0.0614 e. The van der Waals surface area contributed by atoms with E-state index in [1.54, 1.807) is 0 Å². The molecule has 5 rings (SSSR count). The van der Waals surface area contributed by atoms with Crippen LogP contribution in [0.15, 0.2) is 84.9 Å². The Morgan fingerprint density at radius 2 is 0.595 bits per heavy atom. The van der Waals surface area contributed by atoms with Gasteiger partial charge in [-0.05, 0) is 172 Å². The van der Waals surface area contributed by atoms with Crippen molar-refractivity contribution in [3.63, 3.8) is 0 Å². The fraction of sp³-hybridized carbons (Fsp3) is 0.286. The molecule has 0 aliphatic rings. The van der Waals surface area contributed by atoms with E-state index in [1.807, 2.05) is 0 Å². The number of rotatable bonds is 2. The van der Waals surface area contributed by atoms with Crippen molar-refractivity contribution >= 4 is 0 Å². The topological polar surface area (TPSA) is 0 Å². The van der Waals surface area contributed by atoms with Gasteiger partial charge in [0.15, 0.2) is 0 Å². The van der Waals surface area contributed by atoms with Crippen molar-refractivity contribution in [2.75, 3.05) is 0 Å². The molecule has 0 heterocycles. The minimum Gasteiger partial charge on any atom is -0.0614 e. The number of hydrogen-bond donors (Lipinski definition) is 0. The van der Waals surface area contributed by atoms with Crippen LogP contribution in [0.25, 0.3) is 22.3 Å². The average molecular weight is 555 g/mol. The zero-order chi connectivity index (χ0) is 31.1. The lowest BCUT2D eigenvalue weighted by Crippen LogP contribution is -1.88. The molecule has 0 spiro atoms. The van der Waals surface area contributed by atoms with Crippen LogP contribution in [-0.2, 0) is 0 Å². The summed E-state index contributed by atoms with van der Waals surface area (Å²) in [5, 5.41) is 0. The fourth-order valence-corrected chi connectivity index (χ4v) is 4.92. The van der Waals surface area contributed by atoms with Crippen molar-refractivity contribution in [1.29, 1.82) is 0 Å². The van der Waals surface area contributed by atoms with Crippen LogP contribution in [0.5, 0.6) is 0 Å². The molecule has 0 atom stereocenters. The van der Waals surface area contributed by atoms with Crippen LogP contribution in [0, 0.1) is 83.1 Å². The predicted octanol–water partition coefficient (Wildman–Crippen LogP) is 12.1. The Morgan fingerprint density at radius 3 is 0.976 bits per heavy atom. The van der Waals surface area contributed by atoms with Gasteiger partial charge >= 0.3 is 0 Å². The van der Waals surface area contributed by atoms with Crippen molar-refractivity contribution in [2.24, 2.45) is 0 Å². The molecule has 0 saturated carbocycles. The third kappa shape index (κ3) is 8.32. The molecule has 0 radical (unpaired) electrons. The Hall–Kier alpha value is -3.90. The standard InChI is InChI=1S/2C16H18.C10H14/c1-11-5-7-15(9-13(11)3)16-8-6-12(2)14(4)10-16;1-11-8-9-15(10-13(11)3)16-7-5-6-12(2)14(16)4;1-7-5-9(3)10(4)6-8(7)2/h2*5-10H,1-4H3;5-6H,1-4H3. The van der Waals surface area contributed by atoms with Gasteiger partial charge in [-0.2, -0.15) is 0 Å². The third-order valence-electron chi connectivity index (χ3n) is 8.88. The second kappa shape index (κ2) is 14.3. The number of benzene rings is 5. The van der Waals surface area contributed by atoms with Crippen LogP contribution in [0.4, 0.5) is 0 Å². The Labute approximate surface area is 256 Å². The lowest BCUT2D eigenvalue weighted by atomic mass is 9.95. The molecule has 0 aliphatic carbocycles. The van der Waals surface area contributed by atoms with Crippen LogP contribution in [0.2, 0.25) is 0 Å². The van der Waals surface area contributed by atoms with Crippen molar-refractivity contribution < 1.29 is 0 Å². The highest BCUT2D eigenvalue weighted by Crippen LogP contribution is 2.27. The van der Waals surface area contributed by atoms with Gasteiger partial charge in [0.2, 0.25) is 0 Å². The summed E-state index contributed by atoms with van der Waals surface area (Å²) in [7, 11) is 0. The Kier molecular flexibility index (Phi) is 11.1. The summed E-state index contributed by atoms with van der Waals surface area (Å²) in [5.41, 5.74) is 21.7. The van der Waals surface area contributed by atoms with E-state index in [-0.39, 0.29) is 0 Å². The maximum absolute atomic E-state index is 2.27. The highest BCUT2D eigenvalue weighted by atomic mass is 14.1. The Balaban J connectivity index is 0.000000178. The van der Waals surface area contributed by atoms with E-state index in [2.05, 4.69) is 168 Å². The third-order valence-corrected chi connectivity index (χ3v) is 8.88. The first-order chi connectivity index (χ1) is 19.8. The maximum Gasteiger partial charge on any atom is -0.0152 e. The summed E-state index contributed by atoms with van der Waals surface area (Å²) in [6.07, 6.45) is 0. The molecule has 5 aromatic rings. The van der Waals surface area contributed by atoms with Gasteiger partial charge in [-0.1, -0.05) is 84.9 Å². The van der Waals surface area contributed by atoms with Crippen LogP contribution in [0.3, 0.4) is 0 Å². The molecule has 0 amide bonds. The monoisotopic (exact) mass is 554 g/mol. The Morgan fingerprint density at radius 1 is 0.262 bits per heavy atom. The molecule has 0 fully saturated rings. The van der Waals surface area contributed by atoms with Gasteiger partial charge in [-0.25, -0.2) is 0 Å². The zero-order valence-corrected chi connectivity index (χ0v) is 28.1. The fourth-order valence-electron chi connectivity index (χ4n) is 4.92. The molecule has 5 aromatic carbocycles. The van der Waals surface area contributed by atoms with Gasteiger partial charge in [0, 0.05) is 0 Å². The summed E-state index contributed by atoms with van der Waals surface area (Å²) in [5.74, 6) is 0. The van der Waals surface area contributed by atoms with Crippen LogP contribution >= 0.6 is 0 Å². The quantitative estimate of drug-likeness (QED) is 0.203. The molecule has 0 nitrogen and oxygen atoms in total. The average Bonchev–Trinajstić information content (AvgIpc) is 2.94. The Bertz CT molecular complexity index is 1580. The van der Waals surface area contributed by atoms with Gasteiger partial charge in [-0.15, -0.1) is 0 Å². The van der Waals surface area contributed by atoms with Gasteiger partial charge in [0.05, 0.1) is 0 Å².